The molecule has 0 radical (unpaired) electrons. The molecule has 13 heteroatoms. The summed E-state index contributed by atoms with van der Waals surface area (Å²) in [5.41, 5.74) is 3.72. The Morgan fingerprint density at radius 1 is 1.00 bits per heavy atom. The van der Waals surface area contributed by atoms with E-state index in [9.17, 15) is 18.3 Å². The summed E-state index contributed by atoms with van der Waals surface area (Å²) in [5, 5.41) is 2.93. The summed E-state index contributed by atoms with van der Waals surface area (Å²) in [6.45, 7) is 5.32. The normalized spacial score (nSPS) is 18.0. The number of piperidine rings is 1. The second kappa shape index (κ2) is 14.2. The van der Waals surface area contributed by atoms with Crippen LogP contribution in [0.25, 0.3) is 0 Å². The van der Waals surface area contributed by atoms with Crippen molar-refractivity contribution in [3.05, 3.63) is 102 Å². The van der Waals surface area contributed by atoms with Gasteiger partial charge in [-0.2, -0.15) is 4.31 Å². The third-order valence-electron chi connectivity index (χ3n) is 8.49. The highest BCUT2D eigenvalue weighted by molar-refractivity contribution is 8.23. The van der Waals surface area contributed by atoms with Gasteiger partial charge in [0.05, 0.1) is 17.6 Å². The first-order valence-corrected chi connectivity index (χ1v) is 17.1. The Morgan fingerprint density at radius 3 is 2.47 bits per heavy atom. The lowest BCUT2D eigenvalue weighted by molar-refractivity contribution is 0.199. The zero-order valence-electron chi connectivity index (χ0n) is 26.5. The van der Waals surface area contributed by atoms with E-state index in [1.165, 1.54) is 12.1 Å². The van der Waals surface area contributed by atoms with Crippen LogP contribution in [0.15, 0.2) is 85.2 Å². The number of nitrogens with zero attached hydrogens (tertiary/aromatic N) is 6. The van der Waals surface area contributed by atoms with E-state index in [-0.39, 0.29) is 12.1 Å². The number of hydrogen-bond acceptors (Lipinski definition) is 9. The molecule has 0 spiro atoms. The fourth-order valence-electron chi connectivity index (χ4n) is 5.93. The Kier molecular flexibility index (Phi) is 9.89. The number of anilines is 3. The first-order chi connectivity index (χ1) is 22.7. The Balaban J connectivity index is 1.04. The van der Waals surface area contributed by atoms with Gasteiger partial charge < -0.3 is 10.1 Å². The van der Waals surface area contributed by atoms with Crippen LogP contribution in [0.4, 0.5) is 26.2 Å². The van der Waals surface area contributed by atoms with E-state index in [0.717, 1.165) is 49.3 Å². The number of rotatable bonds is 8. The number of carbonyl (C=O) groups excluding carboxylic acids is 1. The van der Waals surface area contributed by atoms with Crippen molar-refractivity contribution >= 4 is 34.1 Å². The van der Waals surface area contributed by atoms with Crippen molar-refractivity contribution in [2.45, 2.75) is 38.8 Å². The van der Waals surface area contributed by atoms with Crippen LogP contribution < -0.4 is 19.3 Å². The van der Waals surface area contributed by atoms with Crippen molar-refractivity contribution < 1.29 is 23.0 Å². The Labute approximate surface area is 276 Å². The number of benzene rings is 2. The lowest BCUT2D eigenvalue weighted by Gasteiger charge is -2.52. The smallest absolute Gasteiger partial charge is 0.326 e. The number of aryl methyl sites for hydroxylation is 1. The molecule has 2 aliphatic heterocycles. The van der Waals surface area contributed by atoms with E-state index in [0.29, 0.717) is 42.6 Å². The molecule has 2 fully saturated rings. The zero-order chi connectivity index (χ0) is 33.0. The van der Waals surface area contributed by atoms with E-state index < -0.39 is 16.8 Å². The van der Waals surface area contributed by atoms with Gasteiger partial charge in [-0.05, 0) is 86.3 Å². The number of nitrogens with one attached hydrogen (secondary N) is 1. The predicted octanol–water partition coefficient (Wildman–Crippen LogP) is 7.14. The van der Waals surface area contributed by atoms with Crippen LogP contribution in [0.1, 0.15) is 30.5 Å². The fourth-order valence-corrected chi connectivity index (χ4v) is 7.42. The van der Waals surface area contributed by atoms with Crippen molar-refractivity contribution in [1.29, 1.82) is 0 Å². The van der Waals surface area contributed by atoms with Crippen LogP contribution in [0, 0.1) is 12.7 Å². The van der Waals surface area contributed by atoms with Crippen LogP contribution in [0.2, 0.25) is 0 Å². The number of hydrogen-bond donors (Lipinski definition) is 3. The summed E-state index contributed by atoms with van der Waals surface area (Å²) in [7, 11) is -1.30. The van der Waals surface area contributed by atoms with Gasteiger partial charge >= 0.3 is 6.03 Å². The summed E-state index contributed by atoms with van der Waals surface area (Å²) >= 11 is 0. The number of ether oxygens (including phenoxy) is 1. The van der Waals surface area contributed by atoms with Crippen LogP contribution in [-0.4, -0.2) is 73.6 Å². The maximum Gasteiger partial charge on any atom is 0.326 e. The summed E-state index contributed by atoms with van der Waals surface area (Å²) in [4.78, 5) is 26.2. The molecule has 2 saturated heterocycles. The predicted molar refractivity (Wildman–Crippen MR) is 183 cm³/mol. The SMILES string of the molecule is Cc1ccc(NC(=O)N(c2cccc(F)c2)C2CCN(Cc3ccc(Oc4ccc(N5CCCN(C)S5(O)O)cc4)nc3)CC2)cn1. The van der Waals surface area contributed by atoms with Gasteiger partial charge in [-0.3, -0.25) is 28.2 Å². The monoisotopic (exact) mass is 661 g/mol. The molecule has 47 heavy (non-hydrogen) atoms. The minimum atomic E-state index is -3.01. The van der Waals surface area contributed by atoms with Gasteiger partial charge in [0.15, 0.2) is 0 Å². The number of amides is 2. The molecule has 2 aromatic carbocycles. The molecule has 0 unspecified atom stereocenters. The quantitative estimate of drug-likeness (QED) is 0.181. The van der Waals surface area contributed by atoms with Gasteiger partial charge in [0.2, 0.25) is 5.88 Å². The first kappa shape index (κ1) is 32.7. The average Bonchev–Trinajstić information content (AvgIpc) is 3.06. The van der Waals surface area contributed by atoms with Crippen LogP contribution in [0.3, 0.4) is 0 Å². The summed E-state index contributed by atoms with van der Waals surface area (Å²) in [5.74, 6) is 0.670. The lowest BCUT2D eigenvalue weighted by Crippen LogP contribution is -2.49. The molecule has 4 heterocycles. The second-order valence-corrected chi connectivity index (χ2v) is 13.9. The molecule has 0 aliphatic carbocycles. The number of likely N-dealkylation sites (tertiary alicyclic amines) is 1. The second-order valence-electron chi connectivity index (χ2n) is 11.9. The van der Waals surface area contributed by atoms with Gasteiger partial charge in [-0.15, -0.1) is 0 Å². The number of pyridine rings is 2. The van der Waals surface area contributed by atoms with Crippen LogP contribution in [0.5, 0.6) is 11.6 Å². The molecule has 0 atom stereocenters. The molecule has 3 N–H and O–H groups in total. The molecule has 0 saturated carbocycles. The molecule has 11 nitrogen and oxygen atoms in total. The van der Waals surface area contributed by atoms with Gasteiger partial charge in [-0.25, -0.2) is 14.2 Å². The first-order valence-electron chi connectivity index (χ1n) is 15.7. The van der Waals surface area contributed by atoms with E-state index in [2.05, 4.69) is 20.2 Å². The molecule has 2 aliphatic rings. The molecule has 4 aromatic rings. The third kappa shape index (κ3) is 7.83. The average molecular weight is 662 g/mol. The maximum absolute atomic E-state index is 14.2. The molecular formula is C34H40FN7O4S. The topological polar surface area (TPSA) is 118 Å². The largest absolute Gasteiger partial charge is 0.439 e. The highest BCUT2D eigenvalue weighted by Crippen LogP contribution is 2.51. The van der Waals surface area contributed by atoms with Gasteiger partial charge in [0.1, 0.15) is 11.6 Å². The van der Waals surface area contributed by atoms with Crippen molar-refractivity contribution in [2.24, 2.45) is 0 Å². The van der Waals surface area contributed by atoms with Crippen LogP contribution in [-0.2, 0) is 6.54 Å². The number of aromatic nitrogens is 2. The number of urea groups is 1. The van der Waals surface area contributed by atoms with Gasteiger partial charge in [0, 0.05) is 69.5 Å². The minimum Gasteiger partial charge on any atom is -0.439 e. The summed E-state index contributed by atoms with van der Waals surface area (Å²) < 4.78 is 44.5. The third-order valence-corrected chi connectivity index (χ3v) is 10.5. The standard InChI is InChI=1S/C34H40FN7O4S/c1-25-7-9-28(23-36-25)38-34(43)42(31-6-3-5-27(35)21-31)30-15-19-40(20-16-30)24-26-8-14-33(37-22-26)46-32-12-10-29(11-13-32)41-18-4-17-39(2)47(41,44)45/h3,5-14,21-23,30,44-45H,4,15-20,24H2,1-2H3,(H,38,43). The number of halogens is 1. The van der Waals surface area contributed by atoms with Crippen molar-refractivity contribution in [1.82, 2.24) is 19.2 Å². The highest BCUT2D eigenvalue weighted by Gasteiger charge is 2.32. The van der Waals surface area contributed by atoms with Crippen LogP contribution >= 0.6 is 11.0 Å². The molecule has 248 valence electrons. The minimum absolute atomic E-state index is 0.102. The van der Waals surface area contributed by atoms with Gasteiger partial charge in [0.25, 0.3) is 0 Å². The molecule has 6 rings (SSSR count). The molecule has 2 amide bonds. The number of carbonyl (C=O) groups is 1. The van der Waals surface area contributed by atoms with E-state index in [4.69, 9.17) is 4.74 Å². The molecule has 0 bridgehead atoms. The van der Waals surface area contributed by atoms with E-state index in [1.54, 1.807) is 63.3 Å². The van der Waals surface area contributed by atoms with Crippen molar-refractivity contribution in [3.63, 3.8) is 0 Å². The zero-order valence-corrected chi connectivity index (χ0v) is 27.3. The molecular weight excluding hydrogens is 621 g/mol. The summed E-state index contributed by atoms with van der Waals surface area (Å²) in [6.07, 6.45) is 5.72. The van der Waals surface area contributed by atoms with Crippen molar-refractivity contribution in [2.75, 3.05) is 47.7 Å². The van der Waals surface area contributed by atoms with E-state index in [1.807, 2.05) is 37.3 Å². The Hall–Kier alpha value is -4.27. The van der Waals surface area contributed by atoms with E-state index >= 15 is 0 Å². The van der Waals surface area contributed by atoms with Crippen molar-refractivity contribution in [3.8, 4) is 11.6 Å². The fraction of sp³-hybridized carbons (Fsp3) is 0.324. The molecule has 2 aromatic heterocycles. The Bertz CT molecular complexity index is 1650. The Morgan fingerprint density at radius 2 is 1.79 bits per heavy atom. The summed E-state index contributed by atoms with van der Waals surface area (Å²) in [6, 6.07) is 20.4. The lowest BCUT2D eigenvalue weighted by atomic mass is 10.0. The highest BCUT2D eigenvalue weighted by atomic mass is 32.3. The van der Waals surface area contributed by atoms with Gasteiger partial charge in [-0.1, -0.05) is 23.1 Å². The maximum atomic E-state index is 14.2.